The summed E-state index contributed by atoms with van der Waals surface area (Å²) in [7, 11) is -2.55. The van der Waals surface area contributed by atoms with Crippen molar-refractivity contribution in [3.63, 3.8) is 0 Å². The molecule has 0 unspecified atom stereocenters. The van der Waals surface area contributed by atoms with Crippen LogP contribution in [0.2, 0.25) is 5.02 Å². The van der Waals surface area contributed by atoms with E-state index in [2.05, 4.69) is 9.71 Å². The molecule has 0 saturated heterocycles. The van der Waals surface area contributed by atoms with Crippen LogP contribution in [-0.2, 0) is 10.0 Å². The van der Waals surface area contributed by atoms with Gasteiger partial charge in [0.1, 0.15) is 5.75 Å². The Morgan fingerprint density at radius 1 is 0.879 bits per heavy atom. The van der Waals surface area contributed by atoms with Crippen molar-refractivity contribution >= 4 is 27.3 Å². The molecule has 0 spiro atoms. The first-order valence-corrected chi connectivity index (χ1v) is 11.4. The maximum absolute atomic E-state index is 13.8. The molecule has 1 heterocycles. The first kappa shape index (κ1) is 24.2. The van der Waals surface area contributed by atoms with E-state index in [1.165, 1.54) is 25.3 Å². The van der Waals surface area contributed by atoms with Crippen molar-refractivity contribution in [2.45, 2.75) is 4.90 Å². The minimum atomic E-state index is -3.99. The quantitative estimate of drug-likeness (QED) is 0.364. The average molecular weight is 489 g/mol. The fraction of sp³-hybridized carbons (Fsp3) is 0.0417. The van der Waals surface area contributed by atoms with Crippen LogP contribution in [0.5, 0.6) is 5.75 Å². The maximum atomic E-state index is 13.8. The second-order valence-corrected chi connectivity index (χ2v) is 8.69. The second kappa shape index (κ2) is 10.9. The summed E-state index contributed by atoms with van der Waals surface area (Å²) < 4.78 is 60.2. The first-order chi connectivity index (χ1) is 15.8. The molecule has 0 aliphatic rings. The molecule has 0 bridgehead atoms. The number of halogens is 3. The molecule has 0 aliphatic heterocycles. The van der Waals surface area contributed by atoms with Gasteiger partial charge in [-0.25, -0.2) is 17.2 Å². The first-order valence-electron chi connectivity index (χ1n) is 9.57. The van der Waals surface area contributed by atoms with E-state index in [0.717, 1.165) is 12.1 Å². The van der Waals surface area contributed by atoms with E-state index in [0.29, 0.717) is 11.3 Å². The van der Waals surface area contributed by atoms with Gasteiger partial charge >= 0.3 is 0 Å². The molecule has 0 saturated carbocycles. The number of methoxy groups -OCH3 is 1. The van der Waals surface area contributed by atoms with Crippen LogP contribution in [0, 0.1) is 11.6 Å². The van der Waals surface area contributed by atoms with Gasteiger partial charge in [0.2, 0.25) is 0 Å². The molecule has 4 aromatic rings. The Balaban J connectivity index is 0.000000442. The standard InChI is InChI=1S/C19H14ClF2NO3S.C5H5N/c1-26-19-8-7-12(9-15(19)20)14-10-16(21)17(22)11-18(14)23-27(24,25)13-5-3-2-4-6-13;1-2-4-6-5-3-1/h2-11,23H,1H3;1-5H. The summed E-state index contributed by atoms with van der Waals surface area (Å²) in [6.07, 6.45) is 3.50. The Hall–Kier alpha value is -3.49. The second-order valence-electron chi connectivity index (χ2n) is 6.60. The molecule has 5 nitrogen and oxygen atoms in total. The number of rotatable bonds is 5. The summed E-state index contributed by atoms with van der Waals surface area (Å²) >= 11 is 6.10. The lowest BCUT2D eigenvalue weighted by Crippen LogP contribution is -2.14. The number of nitrogens with zero attached hydrogens (tertiary/aromatic N) is 1. The van der Waals surface area contributed by atoms with Gasteiger partial charge in [-0.1, -0.05) is 41.9 Å². The van der Waals surface area contributed by atoms with E-state index in [1.807, 2.05) is 18.2 Å². The van der Waals surface area contributed by atoms with Crippen molar-refractivity contribution in [2.75, 3.05) is 11.8 Å². The number of hydrogen-bond donors (Lipinski definition) is 1. The van der Waals surface area contributed by atoms with Gasteiger partial charge in [0.05, 0.1) is 22.7 Å². The molecule has 1 N–H and O–H groups in total. The van der Waals surface area contributed by atoms with Crippen molar-refractivity contribution in [2.24, 2.45) is 0 Å². The van der Waals surface area contributed by atoms with E-state index in [1.54, 1.807) is 42.7 Å². The summed E-state index contributed by atoms with van der Waals surface area (Å²) in [5.41, 5.74) is 0.419. The molecule has 0 radical (unpaired) electrons. The van der Waals surface area contributed by atoms with Crippen molar-refractivity contribution in [3.8, 4) is 16.9 Å². The molecule has 0 aliphatic carbocycles. The molecule has 4 rings (SSSR count). The van der Waals surface area contributed by atoms with Crippen molar-refractivity contribution in [1.82, 2.24) is 4.98 Å². The van der Waals surface area contributed by atoms with Crippen LogP contribution in [0.3, 0.4) is 0 Å². The minimum absolute atomic E-state index is 0.00607. The third-order valence-corrected chi connectivity index (χ3v) is 6.06. The SMILES string of the molecule is COc1ccc(-c2cc(F)c(F)cc2NS(=O)(=O)c2ccccc2)cc1Cl.c1ccncc1. The highest BCUT2D eigenvalue weighted by molar-refractivity contribution is 7.92. The Kier molecular flexibility index (Phi) is 7.97. The number of nitrogens with one attached hydrogen (secondary N) is 1. The Labute approximate surface area is 195 Å². The predicted molar refractivity (Wildman–Crippen MR) is 125 cm³/mol. The van der Waals surface area contributed by atoms with Gasteiger partial charge in [0, 0.05) is 24.0 Å². The molecule has 0 fully saturated rings. The van der Waals surface area contributed by atoms with Crippen molar-refractivity contribution in [3.05, 3.63) is 108 Å². The summed E-state index contributed by atoms with van der Waals surface area (Å²) in [6.45, 7) is 0. The molecule has 9 heteroatoms. The summed E-state index contributed by atoms with van der Waals surface area (Å²) in [5, 5.41) is 0.247. The van der Waals surface area contributed by atoms with Crippen LogP contribution in [0.25, 0.3) is 11.1 Å². The number of benzene rings is 3. The molecule has 3 aromatic carbocycles. The summed E-state index contributed by atoms with van der Waals surface area (Å²) in [5.74, 6) is -1.89. The average Bonchev–Trinajstić information content (AvgIpc) is 2.83. The van der Waals surface area contributed by atoms with E-state index in [4.69, 9.17) is 16.3 Å². The third-order valence-electron chi connectivity index (χ3n) is 4.39. The number of anilines is 1. The van der Waals surface area contributed by atoms with Gasteiger partial charge in [0.15, 0.2) is 11.6 Å². The predicted octanol–water partition coefficient (Wildman–Crippen LogP) is 6.18. The van der Waals surface area contributed by atoms with Crippen LogP contribution < -0.4 is 9.46 Å². The lowest BCUT2D eigenvalue weighted by molar-refractivity contribution is 0.415. The van der Waals surface area contributed by atoms with Gasteiger partial charge in [-0.05, 0) is 48.0 Å². The minimum Gasteiger partial charge on any atom is -0.495 e. The highest BCUT2D eigenvalue weighted by Gasteiger charge is 2.19. The fourth-order valence-corrected chi connectivity index (χ4v) is 4.17. The largest absolute Gasteiger partial charge is 0.495 e. The van der Waals surface area contributed by atoms with Crippen LogP contribution in [-0.4, -0.2) is 20.5 Å². The molecule has 1 aromatic heterocycles. The third kappa shape index (κ3) is 6.27. The van der Waals surface area contributed by atoms with Gasteiger partial charge in [-0.2, -0.15) is 0 Å². The summed E-state index contributed by atoms with van der Waals surface area (Å²) in [4.78, 5) is 3.78. The lowest BCUT2D eigenvalue weighted by atomic mass is 10.0. The maximum Gasteiger partial charge on any atom is 0.261 e. The smallest absolute Gasteiger partial charge is 0.261 e. The zero-order chi connectivity index (χ0) is 23.8. The van der Waals surface area contributed by atoms with Gasteiger partial charge in [0.25, 0.3) is 10.0 Å². The molecular formula is C24H19ClF2N2O3S. The zero-order valence-electron chi connectivity index (χ0n) is 17.4. The molecule has 0 amide bonds. The van der Waals surface area contributed by atoms with E-state index in [-0.39, 0.29) is 21.2 Å². The van der Waals surface area contributed by atoms with Crippen LogP contribution in [0.15, 0.2) is 96.2 Å². The van der Waals surface area contributed by atoms with Crippen LogP contribution in [0.4, 0.5) is 14.5 Å². The van der Waals surface area contributed by atoms with Crippen LogP contribution >= 0.6 is 11.6 Å². The highest BCUT2D eigenvalue weighted by atomic mass is 35.5. The monoisotopic (exact) mass is 488 g/mol. The molecule has 170 valence electrons. The zero-order valence-corrected chi connectivity index (χ0v) is 18.9. The Morgan fingerprint density at radius 3 is 2.06 bits per heavy atom. The van der Waals surface area contributed by atoms with Crippen molar-refractivity contribution < 1.29 is 21.9 Å². The number of pyridine rings is 1. The van der Waals surface area contributed by atoms with Gasteiger partial charge < -0.3 is 4.74 Å². The number of aromatic nitrogens is 1. The number of sulfonamides is 1. The highest BCUT2D eigenvalue weighted by Crippen LogP contribution is 2.36. The van der Waals surface area contributed by atoms with Gasteiger partial charge in [-0.3, -0.25) is 9.71 Å². The fourth-order valence-electron chi connectivity index (χ4n) is 2.82. The molecule has 0 atom stereocenters. The summed E-state index contributed by atoms with van der Waals surface area (Å²) in [6, 6.07) is 19.6. The Bertz CT molecular complexity index is 1300. The van der Waals surface area contributed by atoms with Gasteiger partial charge in [-0.15, -0.1) is 0 Å². The molecular weight excluding hydrogens is 470 g/mol. The van der Waals surface area contributed by atoms with E-state index >= 15 is 0 Å². The van der Waals surface area contributed by atoms with Crippen molar-refractivity contribution in [1.29, 1.82) is 0 Å². The topological polar surface area (TPSA) is 68.3 Å². The lowest BCUT2D eigenvalue weighted by Gasteiger charge is -2.14. The Morgan fingerprint density at radius 2 is 1.52 bits per heavy atom. The van der Waals surface area contributed by atoms with E-state index in [9.17, 15) is 17.2 Å². The van der Waals surface area contributed by atoms with E-state index < -0.39 is 21.7 Å². The normalized spacial score (nSPS) is 10.7. The number of ether oxygens (including phenoxy) is 1. The van der Waals surface area contributed by atoms with Crippen LogP contribution in [0.1, 0.15) is 0 Å². The molecule has 33 heavy (non-hydrogen) atoms. The number of hydrogen-bond acceptors (Lipinski definition) is 4.